The summed E-state index contributed by atoms with van der Waals surface area (Å²) in [7, 11) is 0. The van der Waals surface area contributed by atoms with E-state index < -0.39 is 0 Å². The Bertz CT molecular complexity index is 350. The van der Waals surface area contributed by atoms with Crippen LogP contribution in [-0.4, -0.2) is 24.6 Å². The highest BCUT2D eigenvalue weighted by Crippen LogP contribution is 2.13. The lowest BCUT2D eigenvalue weighted by atomic mass is 10.0. The zero-order valence-corrected chi connectivity index (χ0v) is 15.9. The molecular formula is C20H36O4. The first-order valence-electron chi connectivity index (χ1n) is 9.53. The number of esters is 2. The van der Waals surface area contributed by atoms with Crippen LogP contribution >= 0.6 is 0 Å². The third kappa shape index (κ3) is 17.0. The second-order valence-corrected chi connectivity index (χ2v) is 6.35. The Morgan fingerprint density at radius 2 is 1.38 bits per heavy atom. The summed E-state index contributed by atoms with van der Waals surface area (Å²) in [5, 5.41) is 0. The predicted molar refractivity (Wildman–Crippen MR) is 97.8 cm³/mol. The van der Waals surface area contributed by atoms with Gasteiger partial charge >= 0.3 is 11.9 Å². The molecule has 1 unspecified atom stereocenters. The normalized spacial score (nSPS) is 12.3. The van der Waals surface area contributed by atoms with Crippen LogP contribution in [0.4, 0.5) is 0 Å². The summed E-state index contributed by atoms with van der Waals surface area (Å²) in [6.07, 6.45) is 17.0. The van der Waals surface area contributed by atoms with Crippen LogP contribution in [0, 0.1) is 0 Å². The van der Waals surface area contributed by atoms with Crippen LogP contribution in [0.25, 0.3) is 0 Å². The number of unbranched alkanes of at least 4 members (excludes halogenated alkanes) is 9. The molecule has 0 aliphatic carbocycles. The maximum Gasteiger partial charge on any atom is 0.303 e. The van der Waals surface area contributed by atoms with Gasteiger partial charge < -0.3 is 9.47 Å². The molecule has 0 radical (unpaired) electrons. The highest BCUT2D eigenvalue weighted by Gasteiger charge is 2.07. The first-order chi connectivity index (χ1) is 11.6. The van der Waals surface area contributed by atoms with Crippen LogP contribution < -0.4 is 0 Å². The zero-order chi connectivity index (χ0) is 18.0. The van der Waals surface area contributed by atoms with E-state index in [1.165, 1.54) is 71.6 Å². The molecule has 0 aliphatic rings. The van der Waals surface area contributed by atoms with Gasteiger partial charge in [-0.05, 0) is 25.0 Å². The van der Waals surface area contributed by atoms with Crippen LogP contribution in [0.1, 0.15) is 91.4 Å². The van der Waals surface area contributed by atoms with Gasteiger partial charge in [0.2, 0.25) is 0 Å². The number of hydrogen-bond acceptors (Lipinski definition) is 4. The molecule has 0 heterocycles. The molecule has 0 amide bonds. The average Bonchev–Trinajstić information content (AvgIpc) is 2.52. The average molecular weight is 341 g/mol. The topological polar surface area (TPSA) is 52.6 Å². The van der Waals surface area contributed by atoms with Crippen molar-refractivity contribution in [3.8, 4) is 0 Å². The molecule has 0 saturated carbocycles. The summed E-state index contributed by atoms with van der Waals surface area (Å²) in [5.74, 6) is -0.581. The summed E-state index contributed by atoms with van der Waals surface area (Å²) in [5.41, 5.74) is 0. The molecule has 0 rings (SSSR count). The van der Waals surface area contributed by atoms with Crippen LogP contribution in [0.2, 0.25) is 0 Å². The molecule has 24 heavy (non-hydrogen) atoms. The Kier molecular flexibility index (Phi) is 15.6. The summed E-state index contributed by atoms with van der Waals surface area (Å²) in [6, 6.07) is 0. The molecule has 0 aromatic heterocycles. The minimum atomic E-state index is -0.307. The maximum absolute atomic E-state index is 11.1. The quantitative estimate of drug-likeness (QED) is 0.229. The van der Waals surface area contributed by atoms with Gasteiger partial charge in [-0.15, -0.1) is 0 Å². The van der Waals surface area contributed by atoms with Crippen molar-refractivity contribution in [2.24, 2.45) is 0 Å². The minimum absolute atomic E-state index is 0.216. The van der Waals surface area contributed by atoms with E-state index in [1.807, 2.05) is 6.08 Å². The molecule has 4 heteroatoms. The SMILES string of the molecule is CCCCCCCCCCCCC(C=CCOC(C)=O)OC(C)=O. The molecule has 0 aromatic carbocycles. The van der Waals surface area contributed by atoms with E-state index in [1.54, 1.807) is 6.08 Å². The van der Waals surface area contributed by atoms with E-state index in [-0.39, 0.29) is 24.6 Å². The van der Waals surface area contributed by atoms with Gasteiger partial charge in [0.15, 0.2) is 0 Å². The predicted octanol–water partition coefficient (Wildman–Crippen LogP) is 5.35. The summed E-state index contributed by atoms with van der Waals surface area (Å²) in [4.78, 5) is 21.8. The van der Waals surface area contributed by atoms with Crippen LogP contribution in [-0.2, 0) is 19.1 Å². The summed E-state index contributed by atoms with van der Waals surface area (Å²) < 4.78 is 10.1. The van der Waals surface area contributed by atoms with Gasteiger partial charge in [-0.25, -0.2) is 0 Å². The molecule has 0 aliphatic heterocycles. The van der Waals surface area contributed by atoms with Gasteiger partial charge in [-0.3, -0.25) is 9.59 Å². The third-order valence-electron chi connectivity index (χ3n) is 3.89. The van der Waals surface area contributed by atoms with Crippen LogP contribution in [0.5, 0.6) is 0 Å². The lowest BCUT2D eigenvalue weighted by Crippen LogP contribution is -2.14. The Morgan fingerprint density at radius 1 is 0.833 bits per heavy atom. The number of carbonyl (C=O) groups excluding carboxylic acids is 2. The first-order valence-corrected chi connectivity index (χ1v) is 9.53. The fraction of sp³-hybridized carbons (Fsp3) is 0.800. The van der Waals surface area contributed by atoms with Crippen molar-refractivity contribution in [2.75, 3.05) is 6.61 Å². The van der Waals surface area contributed by atoms with Crippen molar-refractivity contribution >= 4 is 11.9 Å². The molecule has 1 atom stereocenters. The number of carbonyl (C=O) groups is 2. The molecule has 0 bridgehead atoms. The minimum Gasteiger partial charge on any atom is -0.462 e. The summed E-state index contributed by atoms with van der Waals surface area (Å²) >= 11 is 0. The molecular weight excluding hydrogens is 304 g/mol. The van der Waals surface area contributed by atoms with Crippen molar-refractivity contribution < 1.29 is 19.1 Å². The Morgan fingerprint density at radius 3 is 1.88 bits per heavy atom. The molecule has 0 aromatic rings. The molecule has 0 spiro atoms. The van der Waals surface area contributed by atoms with Gasteiger partial charge in [0.1, 0.15) is 12.7 Å². The fourth-order valence-electron chi connectivity index (χ4n) is 2.61. The molecule has 0 N–H and O–H groups in total. The van der Waals surface area contributed by atoms with Crippen LogP contribution in [0.3, 0.4) is 0 Å². The molecule has 0 saturated heterocycles. The van der Waals surface area contributed by atoms with Gasteiger partial charge in [0.25, 0.3) is 0 Å². The van der Waals surface area contributed by atoms with Crippen molar-refractivity contribution in [1.29, 1.82) is 0 Å². The van der Waals surface area contributed by atoms with E-state index in [2.05, 4.69) is 6.92 Å². The molecule has 4 nitrogen and oxygen atoms in total. The lowest BCUT2D eigenvalue weighted by molar-refractivity contribution is -0.144. The Hall–Kier alpha value is -1.32. The van der Waals surface area contributed by atoms with E-state index in [0.717, 1.165) is 12.8 Å². The van der Waals surface area contributed by atoms with E-state index in [9.17, 15) is 9.59 Å². The maximum atomic E-state index is 11.1. The second kappa shape index (κ2) is 16.5. The van der Waals surface area contributed by atoms with E-state index >= 15 is 0 Å². The third-order valence-corrected chi connectivity index (χ3v) is 3.89. The highest BCUT2D eigenvalue weighted by atomic mass is 16.5. The first kappa shape index (κ1) is 22.7. The van der Waals surface area contributed by atoms with E-state index in [4.69, 9.17) is 9.47 Å². The monoisotopic (exact) mass is 340 g/mol. The van der Waals surface area contributed by atoms with Crippen molar-refractivity contribution in [2.45, 2.75) is 97.5 Å². The highest BCUT2D eigenvalue weighted by molar-refractivity contribution is 5.66. The Balaban J connectivity index is 3.71. The lowest BCUT2D eigenvalue weighted by Gasteiger charge is -2.13. The molecule has 140 valence electrons. The number of hydrogen-bond donors (Lipinski definition) is 0. The number of rotatable bonds is 15. The van der Waals surface area contributed by atoms with Crippen molar-refractivity contribution in [3.05, 3.63) is 12.2 Å². The largest absolute Gasteiger partial charge is 0.462 e. The van der Waals surface area contributed by atoms with Gasteiger partial charge in [0, 0.05) is 13.8 Å². The zero-order valence-electron chi connectivity index (χ0n) is 15.9. The van der Waals surface area contributed by atoms with Gasteiger partial charge in [0.05, 0.1) is 0 Å². The molecule has 0 fully saturated rings. The van der Waals surface area contributed by atoms with Crippen molar-refractivity contribution in [1.82, 2.24) is 0 Å². The summed E-state index contributed by atoms with van der Waals surface area (Å²) in [6.45, 7) is 5.27. The fourth-order valence-corrected chi connectivity index (χ4v) is 2.61. The smallest absolute Gasteiger partial charge is 0.303 e. The van der Waals surface area contributed by atoms with Crippen LogP contribution in [0.15, 0.2) is 12.2 Å². The van der Waals surface area contributed by atoms with Crippen molar-refractivity contribution in [3.63, 3.8) is 0 Å². The second-order valence-electron chi connectivity index (χ2n) is 6.35. The van der Waals surface area contributed by atoms with Gasteiger partial charge in [-0.2, -0.15) is 0 Å². The Labute approximate surface area is 148 Å². The number of ether oxygens (including phenoxy) is 2. The standard InChI is InChI=1S/C20H36O4/c1-4-5-6-7-8-9-10-11-12-13-15-20(24-19(3)22)16-14-17-23-18(2)21/h14,16,20H,4-13,15,17H2,1-3H3. The van der Waals surface area contributed by atoms with E-state index in [0.29, 0.717) is 0 Å². The van der Waals surface area contributed by atoms with Gasteiger partial charge in [-0.1, -0.05) is 64.7 Å².